The smallest absolute Gasteiger partial charge is 0.201 e. The number of likely N-dealkylation sites (tertiary alicyclic amines) is 1. The molecule has 0 aliphatic carbocycles. The molecule has 110 valence electrons. The van der Waals surface area contributed by atoms with Crippen molar-refractivity contribution in [2.75, 3.05) is 18.0 Å². The van der Waals surface area contributed by atoms with Crippen molar-refractivity contribution in [3.63, 3.8) is 0 Å². The minimum atomic E-state index is -0.259. The van der Waals surface area contributed by atoms with Crippen LogP contribution >= 0.6 is 0 Å². The van der Waals surface area contributed by atoms with Crippen molar-refractivity contribution < 1.29 is 5.21 Å². The van der Waals surface area contributed by atoms with Crippen molar-refractivity contribution in [3.05, 3.63) is 42.1 Å². The third-order valence-corrected chi connectivity index (χ3v) is 4.73. The Morgan fingerprint density at radius 2 is 1.95 bits per heavy atom. The normalized spacial score (nSPS) is 31.4. The Morgan fingerprint density at radius 3 is 2.62 bits per heavy atom. The number of hydrogen-bond donors (Lipinski definition) is 1. The van der Waals surface area contributed by atoms with Crippen LogP contribution in [0.25, 0.3) is 0 Å². The van der Waals surface area contributed by atoms with E-state index in [4.69, 9.17) is 0 Å². The molecule has 3 atom stereocenters. The number of anilines is 1. The molecule has 0 aromatic heterocycles. The van der Waals surface area contributed by atoms with Crippen molar-refractivity contribution in [1.29, 1.82) is 0 Å². The highest BCUT2D eigenvalue weighted by molar-refractivity contribution is 5.71. The van der Waals surface area contributed by atoms with Crippen LogP contribution in [0.1, 0.15) is 12.0 Å². The van der Waals surface area contributed by atoms with Crippen LogP contribution in [0.4, 0.5) is 5.69 Å². The number of nitrogens with zero attached hydrogens (tertiary/aromatic N) is 4. The number of hydrogen-bond acceptors (Lipinski definition) is 5. The highest BCUT2D eigenvalue weighted by Crippen LogP contribution is 2.36. The second-order valence-corrected chi connectivity index (χ2v) is 6.09. The lowest BCUT2D eigenvalue weighted by Gasteiger charge is -2.40. The molecule has 1 aromatic carbocycles. The van der Waals surface area contributed by atoms with Crippen LogP contribution < -0.4 is 4.90 Å². The molecule has 1 N–H and O–H groups in total. The maximum atomic E-state index is 9.95. The number of piperazine rings is 1. The summed E-state index contributed by atoms with van der Waals surface area (Å²) in [6, 6.07) is 9.74. The van der Waals surface area contributed by atoms with Gasteiger partial charge in [-0.1, -0.05) is 17.7 Å². The maximum absolute atomic E-state index is 9.95. The number of allylic oxidation sites excluding steroid dienone is 1. The summed E-state index contributed by atoms with van der Waals surface area (Å²) in [5, 5.41) is 11.2. The molecule has 0 amide bonds. The number of rotatable bonds is 2. The molecule has 0 saturated carbocycles. The van der Waals surface area contributed by atoms with Gasteiger partial charge in [-0.15, -0.1) is 0 Å². The molecule has 2 saturated heterocycles. The van der Waals surface area contributed by atoms with E-state index in [0.29, 0.717) is 12.1 Å². The molecular formula is C16H20N4O. The zero-order valence-corrected chi connectivity index (χ0v) is 12.1. The summed E-state index contributed by atoms with van der Waals surface area (Å²) >= 11 is 0. The molecule has 5 nitrogen and oxygen atoms in total. The second-order valence-electron chi connectivity index (χ2n) is 6.09. The Bertz CT molecular complexity index is 582. The molecule has 3 aliphatic rings. The zero-order chi connectivity index (χ0) is 14.4. The van der Waals surface area contributed by atoms with E-state index in [9.17, 15) is 5.21 Å². The van der Waals surface area contributed by atoms with E-state index in [1.807, 2.05) is 0 Å². The first kappa shape index (κ1) is 12.9. The van der Waals surface area contributed by atoms with E-state index in [2.05, 4.69) is 46.0 Å². The van der Waals surface area contributed by atoms with Gasteiger partial charge in [0.15, 0.2) is 0 Å². The van der Waals surface area contributed by atoms with Crippen LogP contribution in [0.3, 0.4) is 0 Å². The van der Waals surface area contributed by atoms with E-state index < -0.39 is 0 Å². The van der Waals surface area contributed by atoms with Crippen molar-refractivity contribution in [1.82, 2.24) is 9.96 Å². The highest BCUT2D eigenvalue weighted by Gasteiger charge is 2.46. The molecule has 1 unspecified atom stereocenters. The lowest BCUT2D eigenvalue weighted by atomic mass is 10.2. The van der Waals surface area contributed by atoms with Crippen LogP contribution in [0.15, 0.2) is 41.5 Å². The summed E-state index contributed by atoms with van der Waals surface area (Å²) in [4.78, 5) is 9.18. The van der Waals surface area contributed by atoms with Crippen LogP contribution in [0.2, 0.25) is 0 Å². The van der Waals surface area contributed by atoms with E-state index in [0.717, 1.165) is 19.5 Å². The van der Waals surface area contributed by atoms with Crippen molar-refractivity contribution in [2.24, 2.45) is 4.99 Å². The lowest BCUT2D eigenvalue weighted by Crippen LogP contribution is -2.54. The first-order chi connectivity index (χ1) is 10.2. The number of benzene rings is 1. The second kappa shape index (κ2) is 4.86. The van der Waals surface area contributed by atoms with Gasteiger partial charge in [-0.2, -0.15) is 0 Å². The molecule has 0 spiro atoms. The van der Waals surface area contributed by atoms with Crippen molar-refractivity contribution >= 4 is 11.9 Å². The summed E-state index contributed by atoms with van der Waals surface area (Å²) in [5.74, 6) is 0. The lowest BCUT2D eigenvalue weighted by molar-refractivity contribution is -0.134. The summed E-state index contributed by atoms with van der Waals surface area (Å²) < 4.78 is 0. The third kappa shape index (κ3) is 2.13. The quantitative estimate of drug-likeness (QED) is 0.900. The van der Waals surface area contributed by atoms with E-state index in [-0.39, 0.29) is 6.29 Å². The molecule has 21 heavy (non-hydrogen) atoms. The monoisotopic (exact) mass is 284 g/mol. The van der Waals surface area contributed by atoms with Gasteiger partial charge in [0.1, 0.15) is 0 Å². The first-order valence-electron chi connectivity index (χ1n) is 7.48. The average Bonchev–Trinajstić information content (AvgIpc) is 3.09. The Balaban J connectivity index is 1.49. The third-order valence-electron chi connectivity index (χ3n) is 4.73. The van der Waals surface area contributed by atoms with Gasteiger partial charge < -0.3 is 4.90 Å². The minimum absolute atomic E-state index is 0.259. The van der Waals surface area contributed by atoms with Crippen LogP contribution in [-0.4, -0.2) is 52.8 Å². The minimum Gasteiger partial charge on any atom is -0.366 e. The molecule has 2 bridgehead atoms. The molecule has 5 heteroatoms. The maximum Gasteiger partial charge on any atom is 0.201 e. The molecule has 3 aliphatic heterocycles. The number of fused-ring (bicyclic) bond motifs is 2. The van der Waals surface area contributed by atoms with Gasteiger partial charge in [-0.05, 0) is 31.6 Å². The fourth-order valence-corrected chi connectivity index (χ4v) is 3.67. The first-order valence-corrected chi connectivity index (χ1v) is 7.48. The summed E-state index contributed by atoms with van der Waals surface area (Å²) in [5.41, 5.74) is 2.60. The summed E-state index contributed by atoms with van der Waals surface area (Å²) in [7, 11) is 0. The molecule has 0 radical (unpaired) electrons. The van der Waals surface area contributed by atoms with E-state index in [1.165, 1.54) is 16.3 Å². The number of hydroxylamine groups is 2. The average molecular weight is 284 g/mol. The highest BCUT2D eigenvalue weighted by atomic mass is 16.5. The van der Waals surface area contributed by atoms with Gasteiger partial charge in [0.25, 0.3) is 0 Å². The fraction of sp³-hybridized carbons (Fsp3) is 0.438. The predicted octanol–water partition coefficient (Wildman–Crippen LogP) is 1.83. The summed E-state index contributed by atoms with van der Waals surface area (Å²) in [6.45, 7) is 4.08. The van der Waals surface area contributed by atoms with E-state index >= 15 is 0 Å². The number of aryl methyl sites for hydroxylation is 1. The Labute approximate surface area is 124 Å². The van der Waals surface area contributed by atoms with Crippen molar-refractivity contribution in [2.45, 2.75) is 31.7 Å². The van der Waals surface area contributed by atoms with Gasteiger partial charge in [-0.25, -0.2) is 5.06 Å². The Morgan fingerprint density at radius 1 is 1.14 bits per heavy atom. The van der Waals surface area contributed by atoms with Crippen LogP contribution in [-0.2, 0) is 0 Å². The standard InChI is InChI=1S/C16H20N4O/c1-12-3-5-13(6-4-12)18-10-15-9-14(18)11-19(15)16-17-7-2-8-20(16)21/h2-8,14-16,21H,9-11H2,1H3/t14-,15-,16?/m1/s1. The Hall–Kier alpha value is -1.85. The van der Waals surface area contributed by atoms with Gasteiger partial charge in [0, 0.05) is 43.3 Å². The van der Waals surface area contributed by atoms with Crippen molar-refractivity contribution in [3.8, 4) is 0 Å². The number of aliphatic imine (C=N–C) groups is 1. The van der Waals surface area contributed by atoms with Crippen LogP contribution in [0, 0.1) is 6.92 Å². The van der Waals surface area contributed by atoms with Gasteiger partial charge in [0.2, 0.25) is 6.29 Å². The van der Waals surface area contributed by atoms with Crippen LogP contribution in [0.5, 0.6) is 0 Å². The van der Waals surface area contributed by atoms with Gasteiger partial charge >= 0.3 is 0 Å². The van der Waals surface area contributed by atoms with Gasteiger partial charge in [0.05, 0.1) is 0 Å². The largest absolute Gasteiger partial charge is 0.366 e. The zero-order valence-electron chi connectivity index (χ0n) is 12.1. The molecule has 3 heterocycles. The van der Waals surface area contributed by atoms with E-state index in [1.54, 1.807) is 18.5 Å². The molecule has 4 rings (SSSR count). The molecule has 1 aromatic rings. The Kier molecular flexibility index (Phi) is 2.97. The van der Waals surface area contributed by atoms with Gasteiger partial charge in [-0.3, -0.25) is 15.1 Å². The topological polar surface area (TPSA) is 42.3 Å². The molecular weight excluding hydrogens is 264 g/mol. The fourth-order valence-electron chi connectivity index (χ4n) is 3.67. The summed E-state index contributed by atoms with van der Waals surface area (Å²) in [6.07, 6.45) is 6.08. The predicted molar refractivity (Wildman–Crippen MR) is 82.5 cm³/mol. The SMILES string of the molecule is Cc1ccc(N2C[C@H]3C[C@@H]2CN3C2N=CC=CN2O)cc1. The molecule has 2 fully saturated rings.